The first-order chi connectivity index (χ1) is 9.01. The maximum absolute atomic E-state index is 11.0. The Morgan fingerprint density at radius 1 is 1.32 bits per heavy atom. The van der Waals surface area contributed by atoms with Crippen molar-refractivity contribution in [3.05, 3.63) is 54.1 Å². The Balaban J connectivity index is 0.000000356. The van der Waals surface area contributed by atoms with Crippen LogP contribution in [0.2, 0.25) is 0 Å². The second-order valence-electron chi connectivity index (χ2n) is 4.10. The Kier molecular flexibility index (Phi) is 9.10. The fourth-order valence-electron chi connectivity index (χ4n) is 1.22. The van der Waals surface area contributed by atoms with Crippen LogP contribution in [-0.4, -0.2) is 25.1 Å². The summed E-state index contributed by atoms with van der Waals surface area (Å²) in [5.41, 5.74) is 1.83. The van der Waals surface area contributed by atoms with Gasteiger partial charge in [0.1, 0.15) is 0 Å². The average molecular weight is 261 g/mol. The molecule has 19 heavy (non-hydrogen) atoms. The first-order valence-electron chi connectivity index (χ1n) is 6.25. The van der Waals surface area contributed by atoms with Crippen LogP contribution in [0.1, 0.15) is 25.8 Å². The lowest BCUT2D eigenvalue weighted by Gasteiger charge is -2.09. The van der Waals surface area contributed by atoms with Crippen molar-refractivity contribution < 1.29 is 9.63 Å². The largest absolute Gasteiger partial charge is 0.365 e. The van der Waals surface area contributed by atoms with Crippen LogP contribution in [-0.2, 0) is 9.63 Å². The van der Waals surface area contributed by atoms with Gasteiger partial charge in [0.25, 0.3) is 0 Å². The Morgan fingerprint density at radius 3 is 2.26 bits per heavy atom. The lowest BCUT2D eigenvalue weighted by Crippen LogP contribution is -2.18. The molecule has 1 rings (SSSR count). The predicted molar refractivity (Wildman–Crippen MR) is 80.4 cm³/mol. The molecule has 0 bridgehead atoms. The zero-order valence-electron chi connectivity index (χ0n) is 12.2. The van der Waals surface area contributed by atoms with E-state index in [-0.39, 0.29) is 5.97 Å². The molecule has 0 aromatic heterocycles. The standard InChI is InChI=1S/C8H15NO2.C8H8/c1-5-6-7(2)8(10)11-9(3)4;1-2-8-6-4-3-5-7-8/h6H,5H2,1-4H3;2-7H,1H2. The third kappa shape index (κ3) is 8.80. The van der Waals surface area contributed by atoms with Gasteiger partial charge in [0.05, 0.1) is 0 Å². The molecule has 1 aromatic carbocycles. The van der Waals surface area contributed by atoms with Gasteiger partial charge in [-0.05, 0) is 18.9 Å². The van der Waals surface area contributed by atoms with Crippen LogP contribution < -0.4 is 0 Å². The van der Waals surface area contributed by atoms with Gasteiger partial charge in [-0.15, -0.1) is 5.06 Å². The van der Waals surface area contributed by atoms with Crippen LogP contribution in [0.4, 0.5) is 0 Å². The number of hydrogen-bond acceptors (Lipinski definition) is 3. The van der Waals surface area contributed by atoms with Crippen molar-refractivity contribution in [3.63, 3.8) is 0 Å². The van der Waals surface area contributed by atoms with Gasteiger partial charge in [0.15, 0.2) is 0 Å². The molecule has 0 fully saturated rings. The molecule has 0 radical (unpaired) electrons. The summed E-state index contributed by atoms with van der Waals surface area (Å²) < 4.78 is 0. The SMILES string of the molecule is C=Cc1ccccc1.CCC=C(C)C(=O)ON(C)C. The maximum atomic E-state index is 11.0. The average Bonchev–Trinajstić information content (AvgIpc) is 2.40. The van der Waals surface area contributed by atoms with Crippen molar-refractivity contribution in [1.29, 1.82) is 0 Å². The fourth-order valence-corrected chi connectivity index (χ4v) is 1.22. The quantitative estimate of drug-likeness (QED) is 0.611. The molecule has 0 aliphatic heterocycles. The monoisotopic (exact) mass is 261 g/mol. The number of rotatable bonds is 4. The van der Waals surface area contributed by atoms with Crippen molar-refractivity contribution in [1.82, 2.24) is 5.06 Å². The zero-order chi connectivity index (χ0) is 14.7. The third-order valence-electron chi connectivity index (χ3n) is 2.13. The van der Waals surface area contributed by atoms with Crippen LogP contribution in [0.5, 0.6) is 0 Å². The van der Waals surface area contributed by atoms with E-state index in [0.29, 0.717) is 5.57 Å². The minimum absolute atomic E-state index is 0.281. The molecule has 0 spiro atoms. The molecule has 1 aromatic rings. The zero-order valence-corrected chi connectivity index (χ0v) is 12.2. The summed E-state index contributed by atoms with van der Waals surface area (Å²) in [5, 5.41) is 1.38. The van der Waals surface area contributed by atoms with Gasteiger partial charge in [-0.2, -0.15) is 0 Å². The predicted octanol–water partition coefficient (Wildman–Crippen LogP) is 3.69. The molecule has 0 unspecified atom stereocenters. The van der Waals surface area contributed by atoms with E-state index < -0.39 is 0 Å². The van der Waals surface area contributed by atoms with Crippen LogP contribution in [0.3, 0.4) is 0 Å². The number of hydroxylamine groups is 2. The second-order valence-corrected chi connectivity index (χ2v) is 4.10. The van der Waals surface area contributed by atoms with Gasteiger partial charge in [-0.25, -0.2) is 4.79 Å². The number of carbonyl (C=O) groups excluding carboxylic acids is 1. The fraction of sp³-hybridized carbons (Fsp3) is 0.312. The summed E-state index contributed by atoms with van der Waals surface area (Å²) in [7, 11) is 3.36. The minimum Gasteiger partial charge on any atom is -0.365 e. The van der Waals surface area contributed by atoms with Crippen molar-refractivity contribution in [2.24, 2.45) is 0 Å². The van der Waals surface area contributed by atoms with Crippen molar-refractivity contribution in [3.8, 4) is 0 Å². The number of hydrogen-bond donors (Lipinski definition) is 0. The van der Waals surface area contributed by atoms with Crippen LogP contribution >= 0.6 is 0 Å². The van der Waals surface area contributed by atoms with Gasteiger partial charge >= 0.3 is 5.97 Å². The van der Waals surface area contributed by atoms with Crippen molar-refractivity contribution in [2.75, 3.05) is 14.1 Å². The molecule has 0 saturated heterocycles. The molecule has 104 valence electrons. The summed E-state index contributed by atoms with van der Waals surface area (Å²) in [4.78, 5) is 15.8. The lowest BCUT2D eigenvalue weighted by molar-refractivity contribution is -0.172. The normalized spacial score (nSPS) is 10.5. The van der Waals surface area contributed by atoms with E-state index in [2.05, 4.69) is 6.58 Å². The molecule has 0 saturated carbocycles. The number of benzene rings is 1. The van der Waals surface area contributed by atoms with E-state index in [4.69, 9.17) is 4.84 Å². The van der Waals surface area contributed by atoms with E-state index in [1.807, 2.05) is 49.4 Å². The second kappa shape index (κ2) is 10.1. The maximum Gasteiger partial charge on any atom is 0.352 e. The number of carbonyl (C=O) groups is 1. The molecule has 0 aliphatic rings. The molecular weight excluding hydrogens is 238 g/mol. The molecule has 0 amide bonds. The van der Waals surface area contributed by atoms with Crippen LogP contribution in [0.15, 0.2) is 48.6 Å². The topological polar surface area (TPSA) is 29.5 Å². The van der Waals surface area contributed by atoms with Crippen LogP contribution in [0.25, 0.3) is 6.08 Å². The molecule has 3 heteroatoms. The van der Waals surface area contributed by atoms with Crippen molar-refractivity contribution in [2.45, 2.75) is 20.3 Å². The summed E-state index contributed by atoms with van der Waals surface area (Å²) >= 11 is 0. The van der Waals surface area contributed by atoms with Gasteiger partial charge in [0.2, 0.25) is 0 Å². The Bertz CT molecular complexity index is 408. The highest BCUT2D eigenvalue weighted by Gasteiger charge is 2.05. The number of allylic oxidation sites excluding steroid dienone is 1. The summed E-state index contributed by atoms with van der Waals surface area (Å²) in [6.45, 7) is 7.35. The van der Waals surface area contributed by atoms with Gasteiger partial charge < -0.3 is 4.84 Å². The molecule has 0 heterocycles. The minimum atomic E-state index is -0.281. The smallest absolute Gasteiger partial charge is 0.352 e. The highest BCUT2D eigenvalue weighted by molar-refractivity contribution is 5.87. The highest BCUT2D eigenvalue weighted by atomic mass is 16.7. The Hall–Kier alpha value is -1.87. The van der Waals surface area contributed by atoms with Gasteiger partial charge in [0, 0.05) is 19.7 Å². The first-order valence-corrected chi connectivity index (χ1v) is 6.25. The summed E-state index contributed by atoms with van der Waals surface area (Å²) in [6.07, 6.45) is 4.53. The molecule has 0 aliphatic carbocycles. The van der Waals surface area contributed by atoms with E-state index in [0.717, 1.165) is 6.42 Å². The molecule has 0 N–H and O–H groups in total. The van der Waals surface area contributed by atoms with E-state index in [9.17, 15) is 4.79 Å². The summed E-state index contributed by atoms with van der Waals surface area (Å²) in [6, 6.07) is 10.0. The van der Waals surface area contributed by atoms with E-state index in [1.165, 1.54) is 10.6 Å². The van der Waals surface area contributed by atoms with E-state index >= 15 is 0 Å². The Morgan fingerprint density at radius 2 is 1.89 bits per heavy atom. The van der Waals surface area contributed by atoms with Gasteiger partial charge in [-0.3, -0.25) is 0 Å². The molecular formula is C16H23NO2. The number of nitrogens with zero attached hydrogens (tertiary/aromatic N) is 1. The first kappa shape index (κ1) is 17.1. The van der Waals surface area contributed by atoms with Crippen LogP contribution in [0, 0.1) is 0 Å². The summed E-state index contributed by atoms with van der Waals surface area (Å²) in [5.74, 6) is -0.281. The van der Waals surface area contributed by atoms with Gasteiger partial charge in [-0.1, -0.05) is 56.0 Å². The third-order valence-corrected chi connectivity index (χ3v) is 2.13. The lowest BCUT2D eigenvalue weighted by atomic mass is 10.2. The highest BCUT2D eigenvalue weighted by Crippen LogP contribution is 1.99. The molecule has 3 nitrogen and oxygen atoms in total. The Labute approximate surface area is 116 Å². The van der Waals surface area contributed by atoms with Crippen molar-refractivity contribution >= 4 is 12.0 Å². The van der Waals surface area contributed by atoms with E-state index in [1.54, 1.807) is 21.0 Å². The molecule has 0 atom stereocenters.